The van der Waals surface area contributed by atoms with Gasteiger partial charge in [-0.3, -0.25) is 0 Å². The number of piperidine rings is 1. The van der Waals surface area contributed by atoms with Crippen LogP contribution in [-0.2, 0) is 0 Å². The van der Waals surface area contributed by atoms with Crippen molar-refractivity contribution in [3.63, 3.8) is 0 Å². The predicted octanol–water partition coefficient (Wildman–Crippen LogP) is 1.59. The van der Waals surface area contributed by atoms with Crippen molar-refractivity contribution in [2.75, 3.05) is 18.0 Å². The molecule has 1 aromatic rings. The summed E-state index contributed by atoms with van der Waals surface area (Å²) in [5.74, 6) is 1.04. The summed E-state index contributed by atoms with van der Waals surface area (Å²) in [6, 6.07) is 3.36. The maximum absolute atomic E-state index is 12.9. The van der Waals surface area contributed by atoms with Gasteiger partial charge in [-0.2, -0.15) is 17.0 Å². The highest BCUT2D eigenvalue weighted by atomic mass is 32.1. The van der Waals surface area contributed by atoms with Crippen molar-refractivity contribution in [3.8, 4) is 0 Å². The Kier molecular flexibility index (Phi) is 1.74. The Hall–Kier alpha value is -0.770. The number of nitrogens with zero attached hydrogens (tertiary/aromatic N) is 2. The number of anilines is 1. The molecule has 2 unspecified atom stereocenters. The van der Waals surface area contributed by atoms with Gasteiger partial charge in [-0.15, -0.1) is 0 Å². The van der Waals surface area contributed by atoms with E-state index in [0.717, 1.165) is 30.6 Å². The predicted molar refractivity (Wildman–Crippen MR) is 56.2 cm³/mol. The van der Waals surface area contributed by atoms with Gasteiger partial charge < -0.3 is 4.90 Å². The summed E-state index contributed by atoms with van der Waals surface area (Å²) in [5, 5.41) is 0.581. The van der Waals surface area contributed by atoms with Crippen LogP contribution >= 0.6 is 12.6 Å². The van der Waals surface area contributed by atoms with Crippen molar-refractivity contribution < 1.29 is 4.39 Å². The molecule has 2 heterocycles. The van der Waals surface area contributed by atoms with Crippen molar-refractivity contribution in [2.24, 2.45) is 11.8 Å². The molecule has 0 bridgehead atoms. The van der Waals surface area contributed by atoms with E-state index in [9.17, 15) is 4.39 Å². The highest BCUT2D eigenvalue weighted by molar-refractivity contribution is 7.81. The van der Waals surface area contributed by atoms with Gasteiger partial charge >= 0.3 is 0 Å². The molecular weight excluding hydrogens is 199 g/mol. The molecule has 1 aliphatic heterocycles. The number of halogens is 1. The molecule has 0 N–H and O–H groups in total. The number of hydrogen-bond acceptors (Lipinski definition) is 3. The normalized spacial score (nSPS) is 34.4. The van der Waals surface area contributed by atoms with E-state index in [4.69, 9.17) is 0 Å². The number of rotatable bonds is 1. The summed E-state index contributed by atoms with van der Waals surface area (Å²) in [7, 11) is 0. The lowest BCUT2D eigenvalue weighted by Crippen LogP contribution is -2.24. The lowest BCUT2D eigenvalue weighted by Gasteiger charge is -2.20. The first-order valence-corrected chi connectivity index (χ1v) is 5.32. The molecule has 2 atom stereocenters. The second kappa shape index (κ2) is 2.86. The average molecular weight is 210 g/mol. The third-order valence-corrected chi connectivity index (χ3v) is 3.99. The molecule has 0 spiro atoms. The zero-order valence-corrected chi connectivity index (χ0v) is 8.49. The van der Waals surface area contributed by atoms with E-state index in [1.165, 1.54) is 12.3 Å². The summed E-state index contributed by atoms with van der Waals surface area (Å²) >= 11 is 4.46. The molecule has 1 saturated heterocycles. The maximum atomic E-state index is 12.9. The second-order valence-electron chi connectivity index (χ2n) is 4.06. The fourth-order valence-electron chi connectivity index (χ4n) is 2.29. The molecule has 2 fully saturated rings. The van der Waals surface area contributed by atoms with Gasteiger partial charge in [0.2, 0.25) is 5.95 Å². The SMILES string of the molecule is Fc1cc(N2CC3C(S)C3C2)ccn1. The largest absolute Gasteiger partial charge is 0.371 e. The van der Waals surface area contributed by atoms with Crippen molar-refractivity contribution in [1.82, 2.24) is 4.98 Å². The smallest absolute Gasteiger partial charge is 0.214 e. The van der Waals surface area contributed by atoms with Crippen LogP contribution in [0.5, 0.6) is 0 Å². The van der Waals surface area contributed by atoms with E-state index in [1.54, 1.807) is 0 Å². The molecule has 2 nitrogen and oxygen atoms in total. The Balaban J connectivity index is 1.79. The fourth-order valence-corrected chi connectivity index (χ4v) is 2.83. The van der Waals surface area contributed by atoms with E-state index in [2.05, 4.69) is 22.5 Å². The highest BCUT2D eigenvalue weighted by Crippen LogP contribution is 2.50. The number of hydrogen-bond donors (Lipinski definition) is 1. The number of thiol groups is 1. The molecule has 74 valence electrons. The van der Waals surface area contributed by atoms with Gasteiger partial charge in [-0.25, -0.2) is 4.98 Å². The van der Waals surface area contributed by atoms with Crippen LogP contribution in [0.15, 0.2) is 18.3 Å². The minimum atomic E-state index is -0.398. The zero-order valence-electron chi connectivity index (χ0n) is 7.60. The molecule has 0 radical (unpaired) electrons. The first-order valence-electron chi connectivity index (χ1n) is 4.80. The Labute approximate surface area is 87.5 Å². The first kappa shape index (κ1) is 8.53. The van der Waals surface area contributed by atoms with Gasteiger partial charge in [0.05, 0.1) is 0 Å². The molecule has 0 aromatic carbocycles. The molecule has 3 rings (SSSR count). The summed E-state index contributed by atoms with van der Waals surface area (Å²) in [4.78, 5) is 5.76. The molecule has 0 amide bonds. The Bertz CT molecular complexity index is 359. The molecule has 14 heavy (non-hydrogen) atoms. The van der Waals surface area contributed by atoms with Crippen LogP contribution in [0.3, 0.4) is 0 Å². The average Bonchev–Trinajstić information content (AvgIpc) is 2.66. The quantitative estimate of drug-likeness (QED) is 0.559. The second-order valence-corrected chi connectivity index (χ2v) is 4.66. The molecule has 1 aromatic heterocycles. The molecule has 1 saturated carbocycles. The van der Waals surface area contributed by atoms with Crippen LogP contribution in [0.1, 0.15) is 0 Å². The van der Waals surface area contributed by atoms with Gasteiger partial charge in [0, 0.05) is 36.3 Å². The van der Waals surface area contributed by atoms with Crippen LogP contribution in [0.2, 0.25) is 0 Å². The minimum Gasteiger partial charge on any atom is -0.371 e. The summed E-state index contributed by atoms with van der Waals surface area (Å²) < 4.78 is 12.9. The summed E-state index contributed by atoms with van der Waals surface area (Å²) in [6.45, 7) is 2.03. The van der Waals surface area contributed by atoms with Crippen molar-refractivity contribution in [2.45, 2.75) is 5.25 Å². The van der Waals surface area contributed by atoms with E-state index < -0.39 is 5.95 Å². The van der Waals surface area contributed by atoms with Gasteiger partial charge in [-0.1, -0.05) is 0 Å². The standard InChI is InChI=1S/C10H11FN2S/c11-9-3-6(1-2-12-9)13-4-7-8(5-13)10(7)14/h1-3,7-8,10,14H,4-5H2. The first-order chi connectivity index (χ1) is 6.75. The van der Waals surface area contributed by atoms with Crippen molar-refractivity contribution >= 4 is 18.3 Å². The highest BCUT2D eigenvalue weighted by Gasteiger charge is 2.53. The van der Waals surface area contributed by atoms with Crippen LogP contribution in [-0.4, -0.2) is 23.3 Å². The monoisotopic (exact) mass is 210 g/mol. The van der Waals surface area contributed by atoms with E-state index in [1.807, 2.05) is 6.07 Å². The molecular formula is C10H11FN2S. The van der Waals surface area contributed by atoms with Crippen LogP contribution in [0.25, 0.3) is 0 Å². The lowest BCUT2D eigenvalue weighted by molar-refractivity contribution is 0.583. The summed E-state index contributed by atoms with van der Waals surface area (Å²) in [5.41, 5.74) is 0.949. The maximum Gasteiger partial charge on any atom is 0.214 e. The third kappa shape index (κ3) is 1.21. The summed E-state index contributed by atoms with van der Waals surface area (Å²) in [6.07, 6.45) is 1.52. The lowest BCUT2D eigenvalue weighted by atomic mass is 10.3. The van der Waals surface area contributed by atoms with E-state index in [-0.39, 0.29) is 0 Å². The zero-order chi connectivity index (χ0) is 9.71. The number of pyridine rings is 1. The van der Waals surface area contributed by atoms with Gasteiger partial charge in [0.25, 0.3) is 0 Å². The topological polar surface area (TPSA) is 16.1 Å². The van der Waals surface area contributed by atoms with Gasteiger partial charge in [0.15, 0.2) is 0 Å². The number of fused-ring (bicyclic) bond motifs is 1. The van der Waals surface area contributed by atoms with Crippen LogP contribution < -0.4 is 4.90 Å². The molecule has 2 aliphatic rings. The third-order valence-electron chi connectivity index (χ3n) is 3.22. The van der Waals surface area contributed by atoms with Crippen molar-refractivity contribution in [1.29, 1.82) is 0 Å². The fraction of sp³-hybridized carbons (Fsp3) is 0.500. The molecule has 4 heteroatoms. The Morgan fingerprint density at radius 2 is 2.14 bits per heavy atom. The van der Waals surface area contributed by atoms with Gasteiger partial charge in [0.1, 0.15) is 0 Å². The minimum absolute atomic E-state index is 0.398. The Morgan fingerprint density at radius 1 is 1.43 bits per heavy atom. The van der Waals surface area contributed by atoms with E-state index >= 15 is 0 Å². The number of aromatic nitrogens is 1. The van der Waals surface area contributed by atoms with E-state index in [0.29, 0.717) is 5.25 Å². The van der Waals surface area contributed by atoms with Crippen LogP contribution in [0.4, 0.5) is 10.1 Å². The Morgan fingerprint density at radius 3 is 2.79 bits per heavy atom. The molecule has 1 aliphatic carbocycles. The van der Waals surface area contributed by atoms with Gasteiger partial charge in [-0.05, 0) is 17.9 Å². The van der Waals surface area contributed by atoms with Crippen molar-refractivity contribution in [3.05, 3.63) is 24.3 Å². The van der Waals surface area contributed by atoms with Crippen LogP contribution in [0, 0.1) is 17.8 Å².